The molecule has 0 bridgehead atoms. The maximum atomic E-state index is 5.59. The highest BCUT2D eigenvalue weighted by Crippen LogP contribution is 2.05. The van der Waals surface area contributed by atoms with Gasteiger partial charge >= 0.3 is 0 Å². The zero-order chi connectivity index (χ0) is 11.2. The van der Waals surface area contributed by atoms with Gasteiger partial charge in [-0.2, -0.15) is 0 Å². The molecule has 2 aliphatic rings. The van der Waals surface area contributed by atoms with Gasteiger partial charge in [0.05, 0.1) is 31.7 Å². The lowest BCUT2D eigenvalue weighted by atomic mass is 10.5. The quantitative estimate of drug-likeness (QED) is 0.589. The molecule has 0 unspecified atom stereocenters. The summed E-state index contributed by atoms with van der Waals surface area (Å²) < 4.78 is 9.95. The van der Waals surface area contributed by atoms with Crippen molar-refractivity contribution < 1.29 is 9.47 Å². The van der Waals surface area contributed by atoms with Gasteiger partial charge in [0, 0.05) is 6.54 Å². The van der Waals surface area contributed by atoms with Gasteiger partial charge in [-0.15, -0.1) is 5.12 Å². The Bertz CT molecular complexity index is 319. The van der Waals surface area contributed by atoms with E-state index in [9.17, 15) is 0 Å². The number of hydrogen-bond acceptors (Lipinski definition) is 6. The summed E-state index contributed by atoms with van der Waals surface area (Å²) in [6, 6.07) is 5.77. The van der Waals surface area contributed by atoms with Gasteiger partial charge in [-0.25, -0.2) is 10.0 Å². The Labute approximate surface area is 94.8 Å². The maximum Gasteiger partial charge on any atom is 0.135 e. The minimum absolute atomic E-state index is 0.540. The van der Waals surface area contributed by atoms with Crippen LogP contribution >= 0.6 is 0 Å². The Morgan fingerprint density at radius 2 is 1.62 bits per heavy atom. The third-order valence-electron chi connectivity index (χ3n) is 2.19. The molecule has 0 spiro atoms. The smallest absolute Gasteiger partial charge is 0.135 e. The molecule has 0 saturated heterocycles. The van der Waals surface area contributed by atoms with Crippen LogP contribution in [0.4, 0.5) is 0 Å². The molecule has 0 fully saturated rings. The van der Waals surface area contributed by atoms with Crippen LogP contribution in [0, 0.1) is 24.3 Å². The zero-order valence-electron chi connectivity index (χ0n) is 8.98. The molecule has 0 aliphatic carbocycles. The monoisotopic (exact) mass is 222 g/mol. The van der Waals surface area contributed by atoms with E-state index in [1.807, 2.05) is 15.1 Å². The molecule has 2 N–H and O–H groups in total. The standard InChI is InChI=1S/C10H14N4O2/c11-1-2-14(12-3-7-15-8-4-12)13-5-9-16-10-6-13/h1-3,5,7,9,11H2. The van der Waals surface area contributed by atoms with Crippen LogP contribution in [0.1, 0.15) is 0 Å². The van der Waals surface area contributed by atoms with Gasteiger partial charge in [-0.3, -0.25) is 0 Å². The van der Waals surface area contributed by atoms with Gasteiger partial charge in [-0.1, -0.05) is 0 Å². The third kappa shape index (κ3) is 2.43. The largest absolute Gasteiger partial charge is 0.443 e. The first-order chi connectivity index (χ1) is 7.92. The summed E-state index contributed by atoms with van der Waals surface area (Å²) in [7, 11) is 0. The van der Waals surface area contributed by atoms with Crippen molar-refractivity contribution >= 4 is 0 Å². The minimum Gasteiger partial charge on any atom is -0.443 e. The molecule has 0 aromatic carbocycles. The second kappa shape index (κ2) is 5.36. The second-order valence-corrected chi connectivity index (χ2v) is 3.26. The average molecular weight is 222 g/mol. The van der Waals surface area contributed by atoms with Gasteiger partial charge in [0.25, 0.3) is 0 Å². The summed E-state index contributed by atoms with van der Waals surface area (Å²) in [4.78, 5) is 0. The van der Waals surface area contributed by atoms with E-state index in [1.54, 1.807) is 0 Å². The molecule has 6 heteroatoms. The van der Waals surface area contributed by atoms with E-state index in [2.05, 4.69) is 24.3 Å². The molecule has 0 amide bonds. The average Bonchev–Trinajstić information content (AvgIpc) is 2.38. The third-order valence-corrected chi connectivity index (χ3v) is 2.19. The highest BCUT2D eigenvalue weighted by molar-refractivity contribution is 4.97. The Morgan fingerprint density at radius 3 is 2.00 bits per heavy atom. The van der Waals surface area contributed by atoms with E-state index < -0.39 is 0 Å². The van der Waals surface area contributed by atoms with Crippen molar-refractivity contribution in [3.63, 3.8) is 0 Å². The Kier molecular flexibility index (Phi) is 3.60. The van der Waals surface area contributed by atoms with E-state index in [-0.39, 0.29) is 0 Å². The molecule has 2 rings (SSSR count). The number of hydrogen-bond donors (Lipinski definition) is 1. The summed E-state index contributed by atoms with van der Waals surface area (Å²) in [6.07, 6.45) is 5.20. The van der Waals surface area contributed by atoms with E-state index >= 15 is 0 Å². The number of hydrazine groups is 2. The molecule has 2 heterocycles. The second-order valence-electron chi connectivity index (χ2n) is 3.26. The van der Waals surface area contributed by atoms with Crippen molar-refractivity contribution in [1.29, 1.82) is 0 Å². The van der Waals surface area contributed by atoms with Crippen LogP contribution in [0.3, 0.4) is 0 Å². The van der Waals surface area contributed by atoms with Crippen LogP contribution < -0.4 is 5.73 Å². The van der Waals surface area contributed by atoms with E-state index in [4.69, 9.17) is 15.2 Å². The number of ether oxygens (including phenoxy) is 2. The SMILES string of the molecule is NCCN(N1C#COCC1)N1C#COCC1. The van der Waals surface area contributed by atoms with Crippen molar-refractivity contribution in [2.24, 2.45) is 5.73 Å². The van der Waals surface area contributed by atoms with E-state index in [1.165, 1.54) is 0 Å². The molecular formula is C10H14N4O2. The minimum atomic E-state index is 0.540. The summed E-state index contributed by atoms with van der Waals surface area (Å²) in [5.41, 5.74) is 5.59. The fraction of sp³-hybridized carbons (Fsp3) is 0.600. The Morgan fingerprint density at radius 1 is 1.06 bits per heavy atom. The molecular weight excluding hydrogens is 208 g/mol. The predicted molar refractivity (Wildman–Crippen MR) is 56.6 cm³/mol. The van der Waals surface area contributed by atoms with Crippen molar-refractivity contribution in [2.45, 2.75) is 0 Å². The van der Waals surface area contributed by atoms with Crippen molar-refractivity contribution in [1.82, 2.24) is 15.1 Å². The van der Waals surface area contributed by atoms with Gasteiger partial charge < -0.3 is 15.2 Å². The summed E-state index contributed by atoms with van der Waals surface area (Å²) in [5.74, 6) is 0. The molecule has 0 saturated carbocycles. The molecule has 0 atom stereocenters. The van der Waals surface area contributed by atoms with Gasteiger partial charge in [0.1, 0.15) is 25.4 Å². The molecule has 86 valence electrons. The van der Waals surface area contributed by atoms with Crippen molar-refractivity contribution in [3.8, 4) is 24.3 Å². The summed E-state index contributed by atoms with van der Waals surface area (Å²) in [5, 5.41) is 5.68. The van der Waals surface area contributed by atoms with Crippen molar-refractivity contribution in [3.05, 3.63) is 0 Å². The fourth-order valence-corrected chi connectivity index (χ4v) is 1.48. The number of nitrogens with zero attached hydrogens (tertiary/aromatic N) is 3. The van der Waals surface area contributed by atoms with Crippen LogP contribution in [0.5, 0.6) is 0 Å². The van der Waals surface area contributed by atoms with Crippen LogP contribution in [-0.2, 0) is 9.47 Å². The number of nitrogens with two attached hydrogens (primary N) is 1. The lowest BCUT2D eigenvalue weighted by Crippen LogP contribution is -2.54. The van der Waals surface area contributed by atoms with Crippen molar-refractivity contribution in [2.75, 3.05) is 39.4 Å². The topological polar surface area (TPSA) is 54.2 Å². The Hall–Kier alpha value is -1.76. The maximum absolute atomic E-state index is 5.59. The van der Waals surface area contributed by atoms with Gasteiger partial charge in [0.2, 0.25) is 0 Å². The lowest BCUT2D eigenvalue weighted by Gasteiger charge is -2.38. The molecule has 16 heavy (non-hydrogen) atoms. The van der Waals surface area contributed by atoms with E-state index in [0.29, 0.717) is 39.4 Å². The first-order valence-corrected chi connectivity index (χ1v) is 5.19. The number of rotatable bonds is 4. The molecule has 0 aromatic heterocycles. The lowest BCUT2D eigenvalue weighted by molar-refractivity contribution is -0.133. The first-order valence-electron chi connectivity index (χ1n) is 5.19. The van der Waals surface area contributed by atoms with Crippen LogP contribution in [0.15, 0.2) is 0 Å². The Balaban J connectivity index is 2.06. The van der Waals surface area contributed by atoms with Crippen LogP contribution in [0.25, 0.3) is 0 Å². The fourth-order valence-electron chi connectivity index (χ4n) is 1.48. The van der Waals surface area contributed by atoms with Crippen LogP contribution in [-0.4, -0.2) is 54.5 Å². The molecule has 0 radical (unpaired) electrons. The summed E-state index contributed by atoms with van der Waals surface area (Å²) >= 11 is 0. The van der Waals surface area contributed by atoms with Crippen LogP contribution in [0.2, 0.25) is 0 Å². The van der Waals surface area contributed by atoms with Gasteiger partial charge in [-0.05, 0) is 0 Å². The highest BCUT2D eigenvalue weighted by Gasteiger charge is 2.21. The highest BCUT2D eigenvalue weighted by atomic mass is 16.5. The van der Waals surface area contributed by atoms with Gasteiger partial charge in [0.15, 0.2) is 0 Å². The summed E-state index contributed by atoms with van der Waals surface area (Å²) in [6.45, 7) is 3.82. The predicted octanol–water partition coefficient (Wildman–Crippen LogP) is -1.42. The first kappa shape index (κ1) is 10.7. The molecule has 2 aliphatic heterocycles. The van der Waals surface area contributed by atoms with E-state index in [0.717, 1.165) is 0 Å². The normalized spacial score (nSPS) is 17.9. The molecule has 0 aromatic rings. The zero-order valence-corrected chi connectivity index (χ0v) is 8.98. The molecule has 6 nitrogen and oxygen atoms in total.